The number of unbranched alkanes of at least 4 members (excludes halogenated alkanes) is 4. The molecule has 1 atom stereocenters. The first-order valence-electron chi connectivity index (χ1n) is 18.3. The number of rotatable bonds is 18. The zero-order valence-corrected chi connectivity index (χ0v) is 28.6. The van der Waals surface area contributed by atoms with Gasteiger partial charge in [-0.2, -0.15) is 0 Å². The molecule has 3 aromatic rings. The number of nitrogens with one attached hydrogen (secondary N) is 2. The lowest BCUT2D eigenvalue weighted by Gasteiger charge is -2.57. The van der Waals surface area contributed by atoms with Crippen LogP contribution in [0.3, 0.4) is 0 Å². The Kier molecular flexibility index (Phi) is 11.6. The highest BCUT2D eigenvalue weighted by Gasteiger charge is 2.52. The summed E-state index contributed by atoms with van der Waals surface area (Å²) in [4.78, 5) is 33.1. The molecule has 10 nitrogen and oxygen atoms in total. The minimum Gasteiger partial charge on any atom is -0.508 e. The van der Waals surface area contributed by atoms with Crippen LogP contribution in [0.2, 0.25) is 0 Å². The summed E-state index contributed by atoms with van der Waals surface area (Å²) < 4.78 is 12.4. The highest BCUT2D eigenvalue weighted by molar-refractivity contribution is 6.00. The SMILES string of the molecule is NCCCCCOc1cc(C(=O)N[C@@H](Cc2ccc(O)cc2)C(=O)NC23CC4CC(CC(C4)C2)C3)nc2c(OCCCCCN)cccc12. The number of phenols is 1. The molecule has 0 spiro atoms. The first kappa shape index (κ1) is 35.0. The molecule has 0 radical (unpaired) electrons. The molecule has 49 heavy (non-hydrogen) atoms. The van der Waals surface area contributed by atoms with E-state index in [-0.39, 0.29) is 29.3 Å². The van der Waals surface area contributed by atoms with Crippen LogP contribution in [0.25, 0.3) is 10.9 Å². The van der Waals surface area contributed by atoms with Gasteiger partial charge in [-0.1, -0.05) is 18.2 Å². The third kappa shape index (κ3) is 8.83. The van der Waals surface area contributed by atoms with Crippen molar-refractivity contribution in [1.82, 2.24) is 15.6 Å². The minimum atomic E-state index is -0.836. The molecule has 264 valence electrons. The van der Waals surface area contributed by atoms with Crippen molar-refractivity contribution >= 4 is 22.7 Å². The molecule has 4 bridgehead atoms. The fourth-order valence-electron chi connectivity index (χ4n) is 8.68. The summed E-state index contributed by atoms with van der Waals surface area (Å²) in [6.45, 7) is 2.26. The number of pyridine rings is 1. The number of ether oxygens (including phenoxy) is 2. The number of aromatic nitrogens is 1. The number of phenolic OH excluding ortho intramolecular Hbond substituents is 1. The highest BCUT2D eigenvalue weighted by Crippen LogP contribution is 2.55. The topological polar surface area (TPSA) is 162 Å². The van der Waals surface area contributed by atoms with Crippen molar-refractivity contribution in [3.05, 3.63) is 59.8 Å². The molecule has 0 aliphatic heterocycles. The monoisotopic (exact) mass is 671 g/mol. The number of benzene rings is 2. The summed E-state index contributed by atoms with van der Waals surface area (Å²) in [6, 6.07) is 13.3. The predicted molar refractivity (Wildman–Crippen MR) is 191 cm³/mol. The number of amides is 2. The average molecular weight is 672 g/mol. The summed E-state index contributed by atoms with van der Waals surface area (Å²) in [5.74, 6) is 2.64. The number of nitrogens with zero attached hydrogens (tertiary/aromatic N) is 1. The molecule has 7 rings (SSSR count). The van der Waals surface area contributed by atoms with Gasteiger partial charge >= 0.3 is 0 Å². The predicted octanol–water partition coefficient (Wildman–Crippen LogP) is 5.38. The molecule has 1 aromatic heterocycles. The van der Waals surface area contributed by atoms with Crippen molar-refractivity contribution in [3.8, 4) is 17.2 Å². The summed E-state index contributed by atoms with van der Waals surface area (Å²) in [5.41, 5.74) is 12.7. The van der Waals surface area contributed by atoms with Crippen LogP contribution in [0, 0.1) is 17.8 Å². The summed E-state index contributed by atoms with van der Waals surface area (Å²) in [6.07, 6.45) is 12.6. The normalized spacial score (nSPS) is 22.9. The average Bonchev–Trinajstić information content (AvgIpc) is 3.07. The van der Waals surface area contributed by atoms with E-state index in [9.17, 15) is 14.7 Å². The molecule has 10 heteroatoms. The van der Waals surface area contributed by atoms with Crippen molar-refractivity contribution in [1.29, 1.82) is 0 Å². The van der Waals surface area contributed by atoms with Gasteiger partial charge in [-0.15, -0.1) is 0 Å². The second-order valence-electron chi connectivity index (χ2n) is 14.6. The third-order valence-electron chi connectivity index (χ3n) is 10.6. The van der Waals surface area contributed by atoms with Gasteiger partial charge in [-0.3, -0.25) is 9.59 Å². The van der Waals surface area contributed by atoms with E-state index in [0.29, 0.717) is 61.1 Å². The number of aromatic hydroxyl groups is 1. The zero-order valence-electron chi connectivity index (χ0n) is 28.6. The molecule has 4 aliphatic carbocycles. The van der Waals surface area contributed by atoms with Crippen molar-refractivity contribution in [2.75, 3.05) is 26.3 Å². The van der Waals surface area contributed by atoms with Crippen LogP contribution in [-0.2, 0) is 11.2 Å². The molecule has 0 saturated heterocycles. The van der Waals surface area contributed by atoms with Crippen molar-refractivity contribution < 1.29 is 24.2 Å². The number of fused-ring (bicyclic) bond motifs is 1. The van der Waals surface area contributed by atoms with Gasteiger partial charge in [0.1, 0.15) is 34.5 Å². The molecular weight excluding hydrogens is 618 g/mol. The molecule has 4 saturated carbocycles. The quantitative estimate of drug-likeness (QED) is 0.113. The molecule has 7 N–H and O–H groups in total. The fourth-order valence-corrected chi connectivity index (χ4v) is 8.68. The van der Waals surface area contributed by atoms with Gasteiger partial charge in [-0.05, 0) is 138 Å². The van der Waals surface area contributed by atoms with E-state index in [1.54, 1.807) is 30.3 Å². The van der Waals surface area contributed by atoms with Crippen LogP contribution < -0.4 is 31.6 Å². The fraction of sp³-hybridized carbons (Fsp3) is 0.564. The van der Waals surface area contributed by atoms with Crippen LogP contribution >= 0.6 is 0 Å². The lowest BCUT2D eigenvalue weighted by molar-refractivity contribution is -0.128. The van der Waals surface area contributed by atoms with Crippen LogP contribution in [-0.4, -0.2) is 59.8 Å². The number of hydrogen-bond donors (Lipinski definition) is 5. The maximum atomic E-state index is 14.2. The Morgan fingerprint density at radius 1 is 0.837 bits per heavy atom. The zero-order chi connectivity index (χ0) is 34.2. The van der Waals surface area contributed by atoms with Gasteiger partial charge in [0.05, 0.1) is 13.2 Å². The second-order valence-corrected chi connectivity index (χ2v) is 14.6. The number of carbonyl (C=O) groups is 2. The molecule has 2 amide bonds. The molecule has 0 unspecified atom stereocenters. The first-order valence-corrected chi connectivity index (χ1v) is 18.3. The van der Waals surface area contributed by atoms with Crippen molar-refractivity contribution in [3.63, 3.8) is 0 Å². The van der Waals surface area contributed by atoms with Crippen LogP contribution in [0.4, 0.5) is 0 Å². The van der Waals surface area contributed by atoms with Crippen LogP contribution in [0.1, 0.15) is 93.1 Å². The molecule has 4 aliphatic rings. The summed E-state index contributed by atoms with van der Waals surface area (Å²) >= 11 is 0. The Labute approximate surface area is 289 Å². The van der Waals surface area contributed by atoms with E-state index in [1.807, 2.05) is 18.2 Å². The van der Waals surface area contributed by atoms with Gasteiger partial charge in [0, 0.05) is 23.4 Å². The van der Waals surface area contributed by atoms with E-state index >= 15 is 0 Å². The molecule has 2 aromatic carbocycles. The highest BCUT2D eigenvalue weighted by atomic mass is 16.5. The second kappa shape index (κ2) is 16.2. The smallest absolute Gasteiger partial charge is 0.270 e. The molecule has 4 fully saturated rings. The Bertz CT molecular complexity index is 1540. The van der Waals surface area contributed by atoms with Crippen LogP contribution in [0.5, 0.6) is 17.2 Å². The van der Waals surface area contributed by atoms with E-state index in [2.05, 4.69) is 10.6 Å². The minimum absolute atomic E-state index is 0.149. The Balaban J connectivity index is 1.25. The lowest BCUT2D eigenvalue weighted by atomic mass is 9.53. The standard InChI is InChI=1S/C39H53N5O5/c40-14-3-1-5-16-48-34-9-7-8-31-35(49-17-6-2-4-15-41)22-33(42-36(31)34)37(46)43-32(21-26-10-12-30(45)13-11-26)38(47)44-39-23-27-18-28(24-39)20-29(19-27)25-39/h7-13,22,27-29,32,45H,1-6,14-21,23-25,40-41H2,(H,43,46)(H,44,47)/t27?,28?,29?,32-,39?/m0/s1. The Hall–Kier alpha value is -3.89. The van der Waals surface area contributed by atoms with Crippen molar-refractivity contribution in [2.24, 2.45) is 29.2 Å². The van der Waals surface area contributed by atoms with Gasteiger partial charge in [-0.25, -0.2) is 4.98 Å². The first-order chi connectivity index (χ1) is 23.8. The Morgan fingerprint density at radius 3 is 2.06 bits per heavy atom. The molecular formula is C39H53N5O5. The Morgan fingerprint density at radius 2 is 1.45 bits per heavy atom. The van der Waals surface area contributed by atoms with E-state index in [0.717, 1.165) is 68.7 Å². The van der Waals surface area contributed by atoms with Crippen molar-refractivity contribution in [2.45, 2.75) is 95.1 Å². The maximum absolute atomic E-state index is 14.2. The summed E-state index contributed by atoms with van der Waals surface area (Å²) in [5, 5.41) is 17.1. The largest absolute Gasteiger partial charge is 0.508 e. The van der Waals surface area contributed by atoms with E-state index in [4.69, 9.17) is 25.9 Å². The molecule has 1 heterocycles. The van der Waals surface area contributed by atoms with Gasteiger partial charge in [0.15, 0.2) is 0 Å². The van der Waals surface area contributed by atoms with Gasteiger partial charge < -0.3 is 36.7 Å². The maximum Gasteiger partial charge on any atom is 0.270 e. The lowest BCUT2D eigenvalue weighted by Crippen LogP contribution is -2.63. The number of nitrogens with two attached hydrogens (primary N) is 2. The van der Waals surface area contributed by atoms with Crippen LogP contribution in [0.15, 0.2) is 48.5 Å². The van der Waals surface area contributed by atoms with E-state index in [1.165, 1.54) is 19.3 Å². The van der Waals surface area contributed by atoms with Gasteiger partial charge in [0.2, 0.25) is 5.91 Å². The van der Waals surface area contributed by atoms with E-state index < -0.39 is 11.9 Å². The number of carbonyl (C=O) groups excluding carboxylic acids is 2. The third-order valence-corrected chi connectivity index (χ3v) is 10.6. The number of para-hydroxylation sites is 1. The van der Waals surface area contributed by atoms with Gasteiger partial charge in [0.25, 0.3) is 5.91 Å². The summed E-state index contributed by atoms with van der Waals surface area (Å²) in [7, 11) is 0. The number of hydrogen-bond acceptors (Lipinski definition) is 8.